The maximum atomic E-state index is 11.7. The van der Waals surface area contributed by atoms with Crippen LogP contribution in [0.3, 0.4) is 0 Å². The number of carboxylic acids is 1. The zero-order valence-corrected chi connectivity index (χ0v) is 14.2. The number of benzene rings is 2. The average Bonchev–Trinajstić information content (AvgIpc) is 2.58. The van der Waals surface area contributed by atoms with Crippen LogP contribution in [-0.2, 0) is 0 Å². The molecule has 0 amide bonds. The van der Waals surface area contributed by atoms with Crippen LogP contribution in [0.25, 0.3) is 18.2 Å². The molecule has 0 aromatic heterocycles. The first-order chi connectivity index (χ1) is 11.9. The number of hydrogen-bond acceptors (Lipinski definition) is 3. The fourth-order valence-corrected chi connectivity index (χ4v) is 2.34. The van der Waals surface area contributed by atoms with E-state index in [1.807, 2.05) is 30.3 Å². The van der Waals surface area contributed by atoms with Crippen molar-refractivity contribution in [2.45, 2.75) is 6.92 Å². The van der Waals surface area contributed by atoms with Crippen molar-refractivity contribution in [1.82, 2.24) is 0 Å². The first-order valence-corrected chi connectivity index (χ1v) is 7.68. The van der Waals surface area contributed by atoms with Crippen molar-refractivity contribution in [1.29, 1.82) is 0 Å². The zero-order valence-electron chi connectivity index (χ0n) is 14.2. The van der Waals surface area contributed by atoms with Gasteiger partial charge in [0.1, 0.15) is 17.1 Å². The number of hydrogen-bond donors (Lipinski definition) is 2. The highest BCUT2D eigenvalue weighted by Gasteiger charge is 2.20. The van der Waals surface area contributed by atoms with Crippen molar-refractivity contribution < 1.29 is 19.7 Å². The molecule has 0 unspecified atom stereocenters. The van der Waals surface area contributed by atoms with Crippen molar-refractivity contribution in [2.75, 3.05) is 7.11 Å². The van der Waals surface area contributed by atoms with Crippen LogP contribution in [0.1, 0.15) is 34.0 Å². The Morgan fingerprint density at radius 3 is 2.40 bits per heavy atom. The number of carbonyl (C=O) groups is 1. The lowest BCUT2D eigenvalue weighted by Gasteiger charge is -2.13. The summed E-state index contributed by atoms with van der Waals surface area (Å²) in [6.07, 6.45) is 6.70. The molecule has 0 atom stereocenters. The topological polar surface area (TPSA) is 66.8 Å². The summed E-state index contributed by atoms with van der Waals surface area (Å²) < 4.78 is 5.32. The van der Waals surface area contributed by atoms with Crippen molar-refractivity contribution in [3.05, 3.63) is 76.9 Å². The van der Waals surface area contributed by atoms with Gasteiger partial charge in [-0.3, -0.25) is 0 Å². The molecule has 0 saturated carbocycles. The number of methoxy groups -OCH3 is 1. The second-order valence-electron chi connectivity index (χ2n) is 5.53. The minimum atomic E-state index is -1.21. The molecule has 4 nitrogen and oxygen atoms in total. The Balaban J connectivity index is 2.60. The van der Waals surface area contributed by atoms with Gasteiger partial charge < -0.3 is 14.9 Å². The number of phenols is 1. The Morgan fingerprint density at radius 1 is 1.16 bits per heavy atom. The molecule has 2 aromatic carbocycles. The number of aromatic carboxylic acids is 1. The minimum Gasteiger partial charge on any atom is -0.506 e. The van der Waals surface area contributed by atoms with E-state index >= 15 is 0 Å². The molecule has 0 bridgehead atoms. The van der Waals surface area contributed by atoms with Gasteiger partial charge in [0.05, 0.1) is 12.7 Å². The van der Waals surface area contributed by atoms with Gasteiger partial charge in [-0.2, -0.15) is 0 Å². The summed E-state index contributed by atoms with van der Waals surface area (Å²) in [5, 5.41) is 20.0. The number of allylic oxidation sites excluding steroid dienone is 2. The molecule has 0 fully saturated rings. The molecule has 2 N–H and O–H groups in total. The van der Waals surface area contributed by atoms with Gasteiger partial charge in [0, 0.05) is 0 Å². The van der Waals surface area contributed by atoms with Gasteiger partial charge >= 0.3 is 5.97 Å². The van der Waals surface area contributed by atoms with Crippen LogP contribution in [0.2, 0.25) is 0 Å². The van der Waals surface area contributed by atoms with E-state index in [4.69, 9.17) is 4.74 Å². The van der Waals surface area contributed by atoms with E-state index in [-0.39, 0.29) is 11.3 Å². The Morgan fingerprint density at radius 2 is 1.84 bits per heavy atom. The molecule has 0 radical (unpaired) electrons. The molecule has 0 heterocycles. The highest BCUT2D eigenvalue weighted by atomic mass is 16.5. The highest BCUT2D eigenvalue weighted by Crippen LogP contribution is 2.36. The second kappa shape index (κ2) is 8.02. The molecular formula is C21H20O4. The van der Waals surface area contributed by atoms with E-state index in [0.29, 0.717) is 16.9 Å². The quantitative estimate of drug-likeness (QED) is 0.584. The second-order valence-corrected chi connectivity index (χ2v) is 5.53. The molecule has 2 aromatic rings. The van der Waals surface area contributed by atoms with Gasteiger partial charge in [-0.1, -0.05) is 60.7 Å². The van der Waals surface area contributed by atoms with E-state index in [2.05, 4.69) is 6.58 Å². The molecular weight excluding hydrogens is 316 g/mol. The van der Waals surface area contributed by atoms with E-state index in [9.17, 15) is 15.0 Å². The largest absolute Gasteiger partial charge is 0.506 e. The van der Waals surface area contributed by atoms with Gasteiger partial charge in [-0.05, 0) is 30.2 Å². The van der Waals surface area contributed by atoms with Gasteiger partial charge in [0.15, 0.2) is 0 Å². The van der Waals surface area contributed by atoms with Crippen LogP contribution in [0.15, 0.2) is 54.6 Å². The lowest BCUT2D eigenvalue weighted by molar-refractivity contribution is 0.0693. The van der Waals surface area contributed by atoms with E-state index in [1.54, 1.807) is 37.3 Å². The Labute approximate surface area is 147 Å². The summed E-state index contributed by atoms with van der Waals surface area (Å²) in [6.45, 7) is 5.56. The first kappa shape index (κ1) is 18.1. The number of ether oxygens (including phenoxy) is 1. The first-order valence-electron chi connectivity index (χ1n) is 7.68. The zero-order chi connectivity index (χ0) is 18.4. The summed E-state index contributed by atoms with van der Waals surface area (Å²) in [4.78, 5) is 11.7. The van der Waals surface area contributed by atoms with Crippen LogP contribution in [0, 0.1) is 0 Å². The van der Waals surface area contributed by atoms with Crippen LogP contribution >= 0.6 is 0 Å². The van der Waals surface area contributed by atoms with E-state index < -0.39 is 5.97 Å². The molecule has 0 aliphatic heterocycles. The number of carboxylic acid groups (broad SMARTS) is 1. The van der Waals surface area contributed by atoms with E-state index in [1.165, 1.54) is 7.11 Å². The molecule has 4 heteroatoms. The van der Waals surface area contributed by atoms with Gasteiger partial charge in [-0.25, -0.2) is 4.79 Å². The molecule has 0 aliphatic rings. The van der Waals surface area contributed by atoms with Crippen LogP contribution in [0.5, 0.6) is 11.5 Å². The lowest BCUT2D eigenvalue weighted by atomic mass is 9.99. The Kier molecular flexibility index (Phi) is 5.79. The normalized spacial score (nSPS) is 11.1. The molecule has 0 spiro atoms. The summed E-state index contributed by atoms with van der Waals surface area (Å²) in [7, 11) is 1.47. The lowest BCUT2D eigenvalue weighted by Crippen LogP contribution is -2.03. The summed E-state index contributed by atoms with van der Waals surface area (Å²) >= 11 is 0. The van der Waals surface area contributed by atoms with Crippen molar-refractivity contribution in [3.8, 4) is 11.5 Å². The SMILES string of the molecule is C=C(C)C=Cc1c(OC)cc(C=Cc2ccccc2)c(C(=O)O)c1O. The molecule has 2 rings (SSSR count). The predicted octanol–water partition coefficient (Wildman–Crippen LogP) is 4.86. The molecule has 25 heavy (non-hydrogen) atoms. The monoisotopic (exact) mass is 336 g/mol. The predicted molar refractivity (Wildman–Crippen MR) is 101 cm³/mol. The Hall–Kier alpha value is -3.27. The highest BCUT2D eigenvalue weighted by molar-refractivity contribution is 5.98. The average molecular weight is 336 g/mol. The third kappa shape index (κ3) is 4.38. The van der Waals surface area contributed by atoms with Crippen molar-refractivity contribution in [3.63, 3.8) is 0 Å². The third-order valence-electron chi connectivity index (χ3n) is 3.56. The van der Waals surface area contributed by atoms with Crippen LogP contribution in [0.4, 0.5) is 0 Å². The molecule has 0 saturated heterocycles. The van der Waals surface area contributed by atoms with Crippen LogP contribution in [-0.4, -0.2) is 23.3 Å². The summed E-state index contributed by atoms with van der Waals surface area (Å²) in [5.74, 6) is -1.16. The fourth-order valence-electron chi connectivity index (χ4n) is 2.34. The standard InChI is InChI=1S/C21H20O4/c1-14(2)9-12-17-18(25-3)13-16(19(20(17)22)21(23)24)11-10-15-7-5-4-6-8-15/h4-13,22H,1H2,2-3H3,(H,23,24). The molecule has 0 aliphatic carbocycles. The maximum absolute atomic E-state index is 11.7. The van der Waals surface area contributed by atoms with Gasteiger partial charge in [-0.15, -0.1) is 0 Å². The third-order valence-corrected chi connectivity index (χ3v) is 3.56. The van der Waals surface area contributed by atoms with Crippen molar-refractivity contribution in [2.24, 2.45) is 0 Å². The molecule has 128 valence electrons. The maximum Gasteiger partial charge on any atom is 0.340 e. The van der Waals surface area contributed by atoms with Crippen molar-refractivity contribution >= 4 is 24.2 Å². The fraction of sp³-hybridized carbons (Fsp3) is 0.0952. The van der Waals surface area contributed by atoms with Crippen LogP contribution < -0.4 is 4.74 Å². The smallest absolute Gasteiger partial charge is 0.340 e. The number of rotatable bonds is 6. The van der Waals surface area contributed by atoms with E-state index in [0.717, 1.165) is 11.1 Å². The summed E-state index contributed by atoms with van der Waals surface area (Å²) in [6, 6.07) is 11.1. The van der Waals surface area contributed by atoms with Gasteiger partial charge in [0.2, 0.25) is 0 Å². The van der Waals surface area contributed by atoms with Gasteiger partial charge in [0.25, 0.3) is 0 Å². The minimum absolute atomic E-state index is 0.172. The Bertz CT molecular complexity index is 846. The number of aromatic hydroxyl groups is 1. The summed E-state index contributed by atoms with van der Waals surface area (Å²) in [5.41, 5.74) is 2.18.